The third-order valence-corrected chi connectivity index (χ3v) is 14.0. The Morgan fingerprint density at radius 2 is 0.506 bits per heavy atom. The van der Waals surface area contributed by atoms with Gasteiger partial charge in [0.1, 0.15) is 13.2 Å². The van der Waals surface area contributed by atoms with Crippen LogP contribution in [0.5, 0.6) is 0 Å². The van der Waals surface area contributed by atoms with Crippen LogP contribution in [0.15, 0.2) is 122 Å². The van der Waals surface area contributed by atoms with E-state index >= 15 is 0 Å². The van der Waals surface area contributed by atoms with Crippen molar-refractivity contribution in [1.29, 1.82) is 0 Å². The Balaban J connectivity index is 4.45. The average molecular weight is 1100 g/mol. The fourth-order valence-corrected chi connectivity index (χ4v) is 9.03. The molecule has 0 radical (unpaired) electrons. The molecular formula is C73H122O6. The zero-order chi connectivity index (χ0) is 57.1. The van der Waals surface area contributed by atoms with Crippen LogP contribution >= 0.6 is 0 Å². The van der Waals surface area contributed by atoms with Crippen molar-refractivity contribution in [2.24, 2.45) is 0 Å². The first-order chi connectivity index (χ1) is 39.0. The SMILES string of the molecule is CC/C=C\C/C=C\C/C=C\C/C=C\C/C=C\C/C=C\C/C=C\C/C=C\C/C=C\CCCC(=O)OCC(COC(=O)CCCCCCCCCCCCCCCCCC)OC(=O)CCCCCCC/C=C\CCCCCCCCC. The van der Waals surface area contributed by atoms with E-state index in [9.17, 15) is 14.4 Å². The highest BCUT2D eigenvalue weighted by atomic mass is 16.6. The molecule has 0 aromatic carbocycles. The van der Waals surface area contributed by atoms with Crippen LogP contribution < -0.4 is 0 Å². The molecule has 1 atom stereocenters. The van der Waals surface area contributed by atoms with Crippen LogP contribution in [0.2, 0.25) is 0 Å². The average Bonchev–Trinajstić information content (AvgIpc) is 3.45. The van der Waals surface area contributed by atoms with E-state index in [2.05, 4.69) is 142 Å². The van der Waals surface area contributed by atoms with Crippen molar-refractivity contribution in [1.82, 2.24) is 0 Å². The van der Waals surface area contributed by atoms with Crippen LogP contribution in [0.1, 0.15) is 303 Å². The lowest BCUT2D eigenvalue weighted by Crippen LogP contribution is -2.30. The van der Waals surface area contributed by atoms with Crippen LogP contribution in [0.25, 0.3) is 0 Å². The van der Waals surface area contributed by atoms with Crippen molar-refractivity contribution in [3.63, 3.8) is 0 Å². The molecule has 0 aromatic heterocycles. The number of carbonyl (C=O) groups is 3. The van der Waals surface area contributed by atoms with Gasteiger partial charge >= 0.3 is 17.9 Å². The van der Waals surface area contributed by atoms with Gasteiger partial charge in [-0.2, -0.15) is 0 Å². The fraction of sp³-hybridized carbons (Fsp3) is 0.685. The lowest BCUT2D eigenvalue weighted by atomic mass is 10.0. The molecule has 0 amide bonds. The Labute approximate surface area is 488 Å². The molecule has 450 valence electrons. The molecule has 0 N–H and O–H groups in total. The maximum atomic E-state index is 12.9. The van der Waals surface area contributed by atoms with Gasteiger partial charge in [-0.15, -0.1) is 0 Å². The van der Waals surface area contributed by atoms with Crippen molar-refractivity contribution in [2.45, 2.75) is 309 Å². The number of esters is 3. The topological polar surface area (TPSA) is 78.9 Å². The van der Waals surface area contributed by atoms with E-state index in [0.29, 0.717) is 19.3 Å². The lowest BCUT2D eigenvalue weighted by Gasteiger charge is -2.18. The Morgan fingerprint density at radius 1 is 0.266 bits per heavy atom. The highest BCUT2D eigenvalue weighted by Gasteiger charge is 2.19. The van der Waals surface area contributed by atoms with Crippen molar-refractivity contribution < 1.29 is 28.6 Å². The minimum atomic E-state index is -0.808. The molecule has 0 heterocycles. The normalized spacial score (nSPS) is 12.9. The Kier molecular flexibility index (Phi) is 62.8. The zero-order valence-corrected chi connectivity index (χ0v) is 51.6. The van der Waals surface area contributed by atoms with Crippen molar-refractivity contribution >= 4 is 17.9 Å². The summed E-state index contributed by atoms with van der Waals surface area (Å²) in [6.45, 7) is 6.49. The smallest absolute Gasteiger partial charge is 0.306 e. The molecule has 6 nitrogen and oxygen atoms in total. The van der Waals surface area contributed by atoms with Gasteiger partial charge in [0.25, 0.3) is 0 Å². The molecule has 0 saturated heterocycles. The zero-order valence-electron chi connectivity index (χ0n) is 51.6. The number of unbranched alkanes of at least 4 members (excludes halogenated alkanes) is 28. The van der Waals surface area contributed by atoms with E-state index in [1.807, 2.05) is 0 Å². The monoisotopic (exact) mass is 1090 g/mol. The van der Waals surface area contributed by atoms with Crippen molar-refractivity contribution in [3.8, 4) is 0 Å². The maximum Gasteiger partial charge on any atom is 0.306 e. The number of ether oxygens (including phenoxy) is 3. The second kappa shape index (κ2) is 66.3. The number of carbonyl (C=O) groups excluding carboxylic acids is 3. The quantitative estimate of drug-likeness (QED) is 0.0261. The first kappa shape index (κ1) is 74.8. The highest BCUT2D eigenvalue weighted by Crippen LogP contribution is 2.16. The number of hydrogen-bond acceptors (Lipinski definition) is 6. The summed E-state index contributed by atoms with van der Waals surface area (Å²) in [7, 11) is 0. The Hall–Kier alpha value is -4.19. The predicted molar refractivity (Wildman–Crippen MR) is 343 cm³/mol. The summed E-state index contributed by atoms with van der Waals surface area (Å²) < 4.78 is 16.9. The molecule has 0 aliphatic carbocycles. The molecule has 6 heteroatoms. The maximum absolute atomic E-state index is 12.9. The van der Waals surface area contributed by atoms with E-state index in [1.54, 1.807) is 0 Å². The molecule has 0 rings (SSSR count). The highest BCUT2D eigenvalue weighted by molar-refractivity contribution is 5.71. The minimum Gasteiger partial charge on any atom is -0.462 e. The van der Waals surface area contributed by atoms with Gasteiger partial charge in [-0.3, -0.25) is 14.4 Å². The van der Waals surface area contributed by atoms with Crippen molar-refractivity contribution in [2.75, 3.05) is 13.2 Å². The Morgan fingerprint density at radius 3 is 0.835 bits per heavy atom. The molecule has 0 aliphatic heterocycles. The summed E-state index contributed by atoms with van der Waals surface area (Å²) in [6.07, 6.45) is 92.1. The summed E-state index contributed by atoms with van der Waals surface area (Å²) in [5.41, 5.74) is 0. The van der Waals surface area contributed by atoms with Gasteiger partial charge in [-0.25, -0.2) is 0 Å². The number of hydrogen-bond donors (Lipinski definition) is 0. The third-order valence-electron chi connectivity index (χ3n) is 14.0. The van der Waals surface area contributed by atoms with Gasteiger partial charge in [0.05, 0.1) is 0 Å². The molecular weight excluding hydrogens is 973 g/mol. The number of allylic oxidation sites excluding steroid dienone is 20. The van der Waals surface area contributed by atoms with E-state index in [1.165, 1.54) is 141 Å². The van der Waals surface area contributed by atoms with Crippen LogP contribution in [0.4, 0.5) is 0 Å². The second-order valence-electron chi connectivity index (χ2n) is 21.6. The molecule has 0 aliphatic rings. The largest absolute Gasteiger partial charge is 0.462 e. The van der Waals surface area contributed by atoms with Crippen LogP contribution in [0.3, 0.4) is 0 Å². The van der Waals surface area contributed by atoms with E-state index < -0.39 is 6.10 Å². The molecule has 0 spiro atoms. The second-order valence-corrected chi connectivity index (χ2v) is 21.6. The minimum absolute atomic E-state index is 0.0985. The van der Waals surface area contributed by atoms with Crippen LogP contribution in [0, 0.1) is 0 Å². The molecule has 0 saturated carbocycles. The first-order valence-corrected chi connectivity index (χ1v) is 33.0. The van der Waals surface area contributed by atoms with Gasteiger partial charge in [-0.1, -0.05) is 296 Å². The fourth-order valence-electron chi connectivity index (χ4n) is 9.03. The molecule has 1 unspecified atom stereocenters. The van der Waals surface area contributed by atoms with Gasteiger partial charge in [0.2, 0.25) is 0 Å². The molecule has 0 fully saturated rings. The summed E-state index contributed by atoms with van der Waals surface area (Å²) in [4.78, 5) is 38.3. The first-order valence-electron chi connectivity index (χ1n) is 33.0. The molecule has 0 aromatic rings. The summed E-state index contributed by atoms with van der Waals surface area (Å²) >= 11 is 0. The summed E-state index contributed by atoms with van der Waals surface area (Å²) in [5, 5.41) is 0. The number of rotatable bonds is 59. The lowest BCUT2D eigenvalue weighted by molar-refractivity contribution is -0.167. The standard InChI is InChI=1S/C73H122O6/c1-4-7-10-13-16-19-22-25-28-31-32-33-34-35-36-37-38-39-40-41-42-43-46-48-51-54-57-60-63-66-72(75)78-69-70(79-73(76)67-64-61-58-55-52-49-45-30-27-24-21-18-15-12-9-6-3)68-77-71(74)65-62-59-56-53-50-47-44-29-26-23-20-17-14-11-8-5-2/h7,10,16,19,25,28,30,32-33,35-36,38-39,41-42,45-46,48,54,57,70H,4-6,8-9,11-15,17-18,20-24,26-27,29,31,34,37,40,43-44,47,49-53,55-56,58-69H2,1-3H3/b10-7-,19-16-,28-25-,33-32-,36-35-,39-38-,42-41-,45-30-,48-46-,57-54-. The summed E-state index contributed by atoms with van der Waals surface area (Å²) in [5.74, 6) is -0.961. The predicted octanol–water partition coefficient (Wildman–Crippen LogP) is 22.8. The van der Waals surface area contributed by atoms with E-state index in [0.717, 1.165) is 116 Å². The Bertz CT molecular complexity index is 1640. The van der Waals surface area contributed by atoms with E-state index in [4.69, 9.17) is 14.2 Å². The van der Waals surface area contributed by atoms with Gasteiger partial charge in [0, 0.05) is 19.3 Å². The molecule has 79 heavy (non-hydrogen) atoms. The van der Waals surface area contributed by atoms with Gasteiger partial charge in [-0.05, 0) is 109 Å². The van der Waals surface area contributed by atoms with Crippen LogP contribution in [-0.2, 0) is 28.6 Å². The van der Waals surface area contributed by atoms with E-state index in [-0.39, 0.29) is 37.5 Å². The third kappa shape index (κ3) is 64.5. The summed E-state index contributed by atoms with van der Waals surface area (Å²) in [6, 6.07) is 0. The van der Waals surface area contributed by atoms with Gasteiger partial charge in [0.15, 0.2) is 6.10 Å². The van der Waals surface area contributed by atoms with Crippen molar-refractivity contribution in [3.05, 3.63) is 122 Å². The molecule has 0 bridgehead atoms. The van der Waals surface area contributed by atoms with Gasteiger partial charge < -0.3 is 14.2 Å². The van der Waals surface area contributed by atoms with Crippen LogP contribution in [-0.4, -0.2) is 37.2 Å².